The third-order valence-corrected chi connectivity index (χ3v) is 5.85. The largest absolute Gasteiger partial charge is 0.456 e. The van der Waals surface area contributed by atoms with E-state index >= 15 is 0 Å². The first kappa shape index (κ1) is 19.6. The molecule has 2 aromatic heterocycles. The first-order valence-electron chi connectivity index (χ1n) is 8.73. The fourth-order valence-corrected chi connectivity index (χ4v) is 4.51. The lowest BCUT2D eigenvalue weighted by Crippen LogP contribution is -2.23. The summed E-state index contributed by atoms with van der Waals surface area (Å²) in [5.41, 5.74) is 1.90. The second kappa shape index (κ2) is 7.86. The van der Waals surface area contributed by atoms with Crippen molar-refractivity contribution in [3.05, 3.63) is 47.4 Å². The van der Waals surface area contributed by atoms with Gasteiger partial charge in [0, 0.05) is 23.7 Å². The van der Waals surface area contributed by atoms with E-state index in [1.807, 2.05) is 52.3 Å². The molecule has 0 saturated carbocycles. The summed E-state index contributed by atoms with van der Waals surface area (Å²) in [5, 5.41) is 5.35. The molecule has 27 heavy (non-hydrogen) atoms. The van der Waals surface area contributed by atoms with Crippen LogP contribution in [0.15, 0.2) is 45.9 Å². The molecule has 3 rings (SSSR count). The maximum Gasteiger partial charge on any atom is 0.338 e. The van der Waals surface area contributed by atoms with Crippen molar-refractivity contribution in [2.75, 3.05) is 0 Å². The molecular weight excluding hydrogens is 378 g/mol. The monoisotopic (exact) mass is 401 g/mol. The van der Waals surface area contributed by atoms with Gasteiger partial charge in [-0.15, -0.1) is 11.3 Å². The summed E-state index contributed by atoms with van der Waals surface area (Å²) < 4.78 is 8.42. The predicted octanol–water partition coefficient (Wildman–Crippen LogP) is 5.21. The highest BCUT2D eigenvalue weighted by Gasteiger charge is 2.19. The molecule has 0 aliphatic carbocycles. The van der Waals surface area contributed by atoms with Crippen LogP contribution in [0.3, 0.4) is 0 Å². The standard InChI is InChI=1S/C20H23N3O2S2/c1-6-17-21-11-18(27-17)26-16-8-13(15-10-22-23(5)12-15)7-14(9-16)19(24)25-20(2,3)4/h7-12H,6H2,1-5H3. The topological polar surface area (TPSA) is 57.0 Å². The van der Waals surface area contributed by atoms with Crippen molar-refractivity contribution in [3.63, 3.8) is 0 Å². The van der Waals surface area contributed by atoms with Crippen LogP contribution in [0, 0.1) is 0 Å². The highest BCUT2D eigenvalue weighted by atomic mass is 32.2. The number of hydrogen-bond donors (Lipinski definition) is 0. The zero-order chi connectivity index (χ0) is 19.6. The number of rotatable bonds is 5. The quantitative estimate of drug-likeness (QED) is 0.549. The van der Waals surface area contributed by atoms with Crippen molar-refractivity contribution in [3.8, 4) is 11.1 Å². The Labute approximate surface area is 167 Å². The number of benzene rings is 1. The fraction of sp³-hybridized carbons (Fsp3) is 0.350. The van der Waals surface area contributed by atoms with E-state index in [0.717, 1.165) is 31.7 Å². The van der Waals surface area contributed by atoms with Gasteiger partial charge in [-0.2, -0.15) is 5.10 Å². The third-order valence-electron chi connectivity index (χ3n) is 3.63. The average Bonchev–Trinajstić information content (AvgIpc) is 3.22. The van der Waals surface area contributed by atoms with E-state index in [-0.39, 0.29) is 5.97 Å². The lowest BCUT2D eigenvalue weighted by atomic mass is 10.1. The van der Waals surface area contributed by atoms with E-state index in [1.54, 1.807) is 34.0 Å². The summed E-state index contributed by atoms with van der Waals surface area (Å²) in [4.78, 5) is 18.0. The van der Waals surface area contributed by atoms with Gasteiger partial charge < -0.3 is 4.74 Å². The molecule has 0 unspecified atom stereocenters. The third kappa shape index (κ3) is 5.20. The Hall–Kier alpha value is -2.12. The van der Waals surface area contributed by atoms with E-state index in [1.165, 1.54) is 0 Å². The number of carbonyl (C=O) groups excluding carboxylic acids is 1. The van der Waals surface area contributed by atoms with Crippen LogP contribution in [-0.4, -0.2) is 26.3 Å². The van der Waals surface area contributed by atoms with Crippen molar-refractivity contribution in [1.82, 2.24) is 14.8 Å². The van der Waals surface area contributed by atoms with Gasteiger partial charge in [0.1, 0.15) is 5.60 Å². The number of esters is 1. The zero-order valence-electron chi connectivity index (χ0n) is 16.1. The molecule has 0 atom stereocenters. The van der Waals surface area contributed by atoms with Gasteiger partial charge in [0.2, 0.25) is 0 Å². The Morgan fingerprint density at radius 2 is 2.00 bits per heavy atom. The summed E-state index contributed by atoms with van der Waals surface area (Å²) in [5.74, 6) is -0.325. The van der Waals surface area contributed by atoms with E-state index in [9.17, 15) is 4.79 Å². The van der Waals surface area contributed by atoms with Gasteiger partial charge in [0.25, 0.3) is 0 Å². The Kier molecular flexibility index (Phi) is 5.72. The van der Waals surface area contributed by atoms with Crippen molar-refractivity contribution in [2.24, 2.45) is 7.05 Å². The molecule has 0 bridgehead atoms. The second-order valence-corrected chi connectivity index (χ2v) is 9.67. The summed E-state index contributed by atoms with van der Waals surface area (Å²) >= 11 is 3.29. The van der Waals surface area contributed by atoms with Crippen LogP contribution in [0.1, 0.15) is 43.1 Å². The molecule has 5 nitrogen and oxygen atoms in total. The van der Waals surface area contributed by atoms with Gasteiger partial charge >= 0.3 is 5.97 Å². The van der Waals surface area contributed by atoms with Crippen LogP contribution in [0.5, 0.6) is 0 Å². The van der Waals surface area contributed by atoms with Crippen LogP contribution in [0.25, 0.3) is 11.1 Å². The predicted molar refractivity (Wildman–Crippen MR) is 109 cm³/mol. The summed E-state index contributed by atoms with van der Waals surface area (Å²) in [6.45, 7) is 7.70. The van der Waals surface area contributed by atoms with Gasteiger partial charge in [-0.1, -0.05) is 18.7 Å². The molecular formula is C20H23N3O2S2. The lowest BCUT2D eigenvalue weighted by molar-refractivity contribution is 0.00693. The van der Waals surface area contributed by atoms with Crippen LogP contribution in [0.4, 0.5) is 0 Å². The first-order chi connectivity index (χ1) is 12.7. The van der Waals surface area contributed by atoms with Crippen LogP contribution in [0.2, 0.25) is 0 Å². The molecule has 3 aromatic rings. The number of ether oxygens (including phenoxy) is 1. The Bertz CT molecular complexity index is 954. The minimum atomic E-state index is -0.539. The molecule has 0 fully saturated rings. The van der Waals surface area contributed by atoms with E-state index in [4.69, 9.17) is 4.74 Å². The van der Waals surface area contributed by atoms with Gasteiger partial charge in [-0.25, -0.2) is 9.78 Å². The Morgan fingerprint density at radius 3 is 2.59 bits per heavy atom. The Morgan fingerprint density at radius 1 is 1.22 bits per heavy atom. The smallest absolute Gasteiger partial charge is 0.338 e. The van der Waals surface area contributed by atoms with Crippen molar-refractivity contribution in [1.29, 1.82) is 0 Å². The molecule has 142 valence electrons. The highest BCUT2D eigenvalue weighted by Crippen LogP contribution is 2.35. The second-order valence-electron chi connectivity index (χ2n) is 7.18. The number of aryl methyl sites for hydroxylation is 2. The normalized spacial score (nSPS) is 11.6. The van der Waals surface area contributed by atoms with Gasteiger partial charge in [-0.05, 0) is 51.0 Å². The minimum absolute atomic E-state index is 0.325. The fourth-order valence-electron chi connectivity index (χ4n) is 2.47. The molecule has 0 radical (unpaired) electrons. The zero-order valence-corrected chi connectivity index (χ0v) is 17.8. The highest BCUT2D eigenvalue weighted by molar-refractivity contribution is 8.01. The summed E-state index contributed by atoms with van der Waals surface area (Å²) in [6, 6.07) is 5.81. The van der Waals surface area contributed by atoms with Gasteiger partial charge in [-0.3, -0.25) is 4.68 Å². The summed E-state index contributed by atoms with van der Waals surface area (Å²) in [7, 11) is 1.88. The van der Waals surface area contributed by atoms with E-state index in [2.05, 4.69) is 23.1 Å². The molecule has 0 N–H and O–H groups in total. The molecule has 0 amide bonds. The SMILES string of the molecule is CCc1ncc(Sc2cc(C(=O)OC(C)(C)C)cc(-c3cnn(C)c3)c2)s1. The maximum absolute atomic E-state index is 12.6. The molecule has 0 aliphatic heterocycles. The van der Waals surface area contributed by atoms with Gasteiger partial charge in [0.15, 0.2) is 0 Å². The van der Waals surface area contributed by atoms with Crippen LogP contribution < -0.4 is 0 Å². The summed E-state index contributed by atoms with van der Waals surface area (Å²) in [6.07, 6.45) is 6.54. The molecule has 1 aromatic carbocycles. The maximum atomic E-state index is 12.6. The molecule has 7 heteroatoms. The number of aromatic nitrogens is 3. The van der Waals surface area contributed by atoms with Crippen molar-refractivity contribution >= 4 is 29.1 Å². The number of hydrogen-bond acceptors (Lipinski definition) is 6. The van der Waals surface area contributed by atoms with Crippen LogP contribution >= 0.6 is 23.1 Å². The number of nitrogens with zero attached hydrogens (tertiary/aromatic N) is 3. The van der Waals surface area contributed by atoms with Gasteiger partial charge in [0.05, 0.1) is 27.2 Å². The Balaban J connectivity index is 1.98. The van der Waals surface area contributed by atoms with E-state index < -0.39 is 5.60 Å². The molecule has 2 heterocycles. The molecule has 0 saturated heterocycles. The average molecular weight is 402 g/mol. The first-order valence-corrected chi connectivity index (χ1v) is 10.4. The van der Waals surface area contributed by atoms with E-state index in [0.29, 0.717) is 5.56 Å². The minimum Gasteiger partial charge on any atom is -0.456 e. The van der Waals surface area contributed by atoms with Crippen molar-refractivity contribution < 1.29 is 9.53 Å². The molecule has 0 aliphatic rings. The lowest BCUT2D eigenvalue weighted by Gasteiger charge is -2.20. The number of thiazole rings is 1. The van der Waals surface area contributed by atoms with Crippen molar-refractivity contribution in [2.45, 2.75) is 48.8 Å². The number of carbonyl (C=O) groups is 1. The molecule has 0 spiro atoms. The van der Waals surface area contributed by atoms with Crippen LogP contribution in [-0.2, 0) is 18.2 Å².